The van der Waals surface area contributed by atoms with Crippen LogP contribution in [-0.4, -0.2) is 13.2 Å². The largest absolute Gasteiger partial charge is 0.381 e. The lowest BCUT2D eigenvalue weighted by Gasteiger charge is -2.28. The van der Waals surface area contributed by atoms with E-state index in [1.807, 2.05) is 0 Å². The Hall–Kier alpha value is -0.820. The van der Waals surface area contributed by atoms with E-state index in [0.717, 1.165) is 31.5 Å². The maximum atomic E-state index is 5.66. The van der Waals surface area contributed by atoms with Crippen molar-refractivity contribution < 1.29 is 4.74 Å². The number of rotatable bonds is 5. The summed E-state index contributed by atoms with van der Waals surface area (Å²) in [4.78, 5) is 0. The van der Waals surface area contributed by atoms with Gasteiger partial charge in [0.05, 0.1) is 0 Å². The van der Waals surface area contributed by atoms with Crippen molar-refractivity contribution >= 4 is 0 Å². The van der Waals surface area contributed by atoms with Crippen LogP contribution in [0.15, 0.2) is 30.3 Å². The standard InChI is InChI=1S/C16H24O/c1-2-12-17-13-14-8-10-16(11-9-14)15-6-4-3-5-7-15/h3-7,14,16H,2,8-13H2,1H3/t14-,16-. The Balaban J connectivity index is 1.74. The molecule has 0 spiro atoms. The van der Waals surface area contributed by atoms with Gasteiger partial charge in [0.25, 0.3) is 0 Å². The first-order chi connectivity index (χ1) is 8.40. The SMILES string of the molecule is CCCOC[C@H]1CC[C@H](c2ccccc2)CC1. The Morgan fingerprint density at radius 2 is 1.76 bits per heavy atom. The maximum Gasteiger partial charge on any atom is 0.0494 e. The molecule has 1 nitrogen and oxygen atoms in total. The van der Waals surface area contributed by atoms with Crippen molar-refractivity contribution in [1.29, 1.82) is 0 Å². The molecule has 0 unspecified atom stereocenters. The lowest BCUT2D eigenvalue weighted by Crippen LogP contribution is -2.18. The minimum Gasteiger partial charge on any atom is -0.381 e. The molecular formula is C16H24O. The van der Waals surface area contributed by atoms with Crippen LogP contribution >= 0.6 is 0 Å². The first-order valence-electron chi connectivity index (χ1n) is 7.03. The molecule has 17 heavy (non-hydrogen) atoms. The van der Waals surface area contributed by atoms with E-state index < -0.39 is 0 Å². The predicted octanol–water partition coefficient (Wildman–Crippen LogP) is 4.39. The molecular weight excluding hydrogens is 208 g/mol. The van der Waals surface area contributed by atoms with Gasteiger partial charge in [0, 0.05) is 13.2 Å². The van der Waals surface area contributed by atoms with Gasteiger partial charge in [0.1, 0.15) is 0 Å². The van der Waals surface area contributed by atoms with Gasteiger partial charge in [-0.3, -0.25) is 0 Å². The molecule has 0 heterocycles. The average Bonchev–Trinajstić information content (AvgIpc) is 2.41. The molecule has 0 saturated heterocycles. The van der Waals surface area contributed by atoms with E-state index in [-0.39, 0.29) is 0 Å². The first kappa shape index (κ1) is 12.6. The van der Waals surface area contributed by atoms with Crippen LogP contribution < -0.4 is 0 Å². The van der Waals surface area contributed by atoms with Crippen molar-refractivity contribution in [2.45, 2.75) is 44.9 Å². The zero-order valence-corrected chi connectivity index (χ0v) is 10.9. The molecule has 1 aromatic rings. The van der Waals surface area contributed by atoms with E-state index in [4.69, 9.17) is 4.74 Å². The lowest BCUT2D eigenvalue weighted by atomic mass is 9.79. The highest BCUT2D eigenvalue weighted by Gasteiger charge is 2.22. The summed E-state index contributed by atoms with van der Waals surface area (Å²) in [5.41, 5.74) is 1.53. The summed E-state index contributed by atoms with van der Waals surface area (Å²) in [5.74, 6) is 1.60. The highest BCUT2D eigenvalue weighted by molar-refractivity contribution is 5.19. The van der Waals surface area contributed by atoms with Gasteiger partial charge >= 0.3 is 0 Å². The summed E-state index contributed by atoms with van der Waals surface area (Å²) in [7, 11) is 0. The fourth-order valence-corrected chi connectivity index (χ4v) is 2.78. The van der Waals surface area contributed by atoms with Crippen LogP contribution in [-0.2, 0) is 4.74 Å². The quantitative estimate of drug-likeness (QED) is 0.684. The minimum absolute atomic E-state index is 0.790. The van der Waals surface area contributed by atoms with E-state index in [2.05, 4.69) is 37.3 Å². The van der Waals surface area contributed by atoms with Crippen molar-refractivity contribution in [2.24, 2.45) is 5.92 Å². The van der Waals surface area contributed by atoms with Gasteiger partial charge in [-0.05, 0) is 49.5 Å². The third-order valence-corrected chi connectivity index (χ3v) is 3.82. The molecule has 0 radical (unpaired) electrons. The second kappa shape index (κ2) is 6.80. The van der Waals surface area contributed by atoms with Crippen LogP contribution in [0.3, 0.4) is 0 Å². The van der Waals surface area contributed by atoms with Gasteiger partial charge in [-0.1, -0.05) is 37.3 Å². The fourth-order valence-electron chi connectivity index (χ4n) is 2.78. The zero-order valence-electron chi connectivity index (χ0n) is 10.9. The van der Waals surface area contributed by atoms with Crippen molar-refractivity contribution in [3.05, 3.63) is 35.9 Å². The number of ether oxygens (including phenoxy) is 1. The van der Waals surface area contributed by atoms with Crippen molar-refractivity contribution in [1.82, 2.24) is 0 Å². The molecule has 0 aliphatic heterocycles. The van der Waals surface area contributed by atoms with E-state index in [1.165, 1.54) is 31.2 Å². The summed E-state index contributed by atoms with van der Waals surface area (Å²) in [5, 5.41) is 0. The summed E-state index contributed by atoms with van der Waals surface area (Å²) >= 11 is 0. The third-order valence-electron chi connectivity index (χ3n) is 3.82. The monoisotopic (exact) mass is 232 g/mol. The molecule has 1 saturated carbocycles. The summed E-state index contributed by atoms with van der Waals surface area (Å²) in [6, 6.07) is 11.0. The van der Waals surface area contributed by atoms with Crippen molar-refractivity contribution in [2.75, 3.05) is 13.2 Å². The number of hydrogen-bond acceptors (Lipinski definition) is 1. The van der Waals surface area contributed by atoms with E-state index in [0.29, 0.717) is 0 Å². The van der Waals surface area contributed by atoms with Crippen LogP contribution in [0.1, 0.15) is 50.5 Å². The fraction of sp³-hybridized carbons (Fsp3) is 0.625. The van der Waals surface area contributed by atoms with Gasteiger partial charge in [0.15, 0.2) is 0 Å². The molecule has 0 amide bonds. The maximum absolute atomic E-state index is 5.66. The van der Waals surface area contributed by atoms with Crippen molar-refractivity contribution in [3.63, 3.8) is 0 Å². The van der Waals surface area contributed by atoms with Gasteiger partial charge in [-0.15, -0.1) is 0 Å². The van der Waals surface area contributed by atoms with Gasteiger partial charge in [0.2, 0.25) is 0 Å². The van der Waals surface area contributed by atoms with Crippen LogP contribution in [0, 0.1) is 5.92 Å². The second-order valence-corrected chi connectivity index (χ2v) is 5.20. The van der Waals surface area contributed by atoms with Gasteiger partial charge in [-0.2, -0.15) is 0 Å². The molecule has 2 rings (SSSR count). The van der Waals surface area contributed by atoms with E-state index in [9.17, 15) is 0 Å². The molecule has 1 aliphatic carbocycles. The molecule has 0 N–H and O–H groups in total. The normalized spacial score (nSPS) is 24.8. The third kappa shape index (κ3) is 3.85. The molecule has 1 aromatic carbocycles. The topological polar surface area (TPSA) is 9.23 Å². The average molecular weight is 232 g/mol. The van der Waals surface area contributed by atoms with E-state index >= 15 is 0 Å². The Morgan fingerprint density at radius 3 is 2.41 bits per heavy atom. The zero-order chi connectivity index (χ0) is 11.9. The summed E-state index contributed by atoms with van der Waals surface area (Å²) < 4.78 is 5.66. The van der Waals surface area contributed by atoms with Crippen LogP contribution in [0.25, 0.3) is 0 Å². The van der Waals surface area contributed by atoms with Crippen molar-refractivity contribution in [3.8, 4) is 0 Å². The number of benzene rings is 1. The molecule has 0 aromatic heterocycles. The Kier molecular flexibility index (Phi) is 5.06. The van der Waals surface area contributed by atoms with Crippen LogP contribution in [0.2, 0.25) is 0 Å². The van der Waals surface area contributed by atoms with Crippen LogP contribution in [0.5, 0.6) is 0 Å². The molecule has 1 fully saturated rings. The first-order valence-corrected chi connectivity index (χ1v) is 7.03. The molecule has 0 bridgehead atoms. The molecule has 1 aliphatic rings. The highest BCUT2D eigenvalue weighted by Crippen LogP contribution is 2.35. The smallest absolute Gasteiger partial charge is 0.0494 e. The molecule has 94 valence electrons. The Labute approximate surface area is 105 Å². The Morgan fingerprint density at radius 1 is 1.06 bits per heavy atom. The van der Waals surface area contributed by atoms with E-state index in [1.54, 1.807) is 0 Å². The highest BCUT2D eigenvalue weighted by atomic mass is 16.5. The summed E-state index contributed by atoms with van der Waals surface area (Å²) in [6.07, 6.45) is 6.49. The van der Waals surface area contributed by atoms with Gasteiger partial charge < -0.3 is 4.74 Å². The predicted molar refractivity (Wildman–Crippen MR) is 72.3 cm³/mol. The minimum atomic E-state index is 0.790. The lowest BCUT2D eigenvalue weighted by molar-refractivity contribution is 0.0832. The van der Waals surface area contributed by atoms with Gasteiger partial charge in [-0.25, -0.2) is 0 Å². The second-order valence-electron chi connectivity index (χ2n) is 5.20. The molecule has 0 atom stereocenters. The number of hydrogen-bond donors (Lipinski definition) is 0. The Bertz CT molecular complexity index is 299. The van der Waals surface area contributed by atoms with Crippen LogP contribution in [0.4, 0.5) is 0 Å². The molecule has 1 heteroatoms. The summed E-state index contributed by atoms with van der Waals surface area (Å²) in [6.45, 7) is 4.08.